The van der Waals surface area contributed by atoms with Crippen LogP contribution in [0.15, 0.2) is 88.6 Å². The molecule has 0 fully saturated rings. The SMILES string of the molecule is Cc1ccnc(/C=C/C(=O)C2=C(c3ccccc3)C3C=C(Cl)C=CC3=NC2=O)c1. The minimum absolute atomic E-state index is 0.0601. The quantitative estimate of drug-likeness (QED) is 0.551. The number of carbonyl (C=O) groups excluding carboxylic acids is 2. The highest BCUT2D eigenvalue weighted by molar-refractivity contribution is 6.37. The van der Waals surface area contributed by atoms with Gasteiger partial charge in [0.1, 0.15) is 0 Å². The van der Waals surface area contributed by atoms with Gasteiger partial charge < -0.3 is 0 Å². The van der Waals surface area contributed by atoms with Crippen molar-refractivity contribution in [2.45, 2.75) is 6.92 Å². The van der Waals surface area contributed by atoms with Crippen LogP contribution in [0.1, 0.15) is 16.8 Å². The van der Waals surface area contributed by atoms with Gasteiger partial charge in [-0.1, -0.05) is 48.0 Å². The number of pyridine rings is 1. The molecular formula is C24H17ClN2O2. The number of nitrogens with zero attached hydrogens (tertiary/aromatic N) is 2. The van der Waals surface area contributed by atoms with E-state index in [1.165, 1.54) is 6.08 Å². The molecule has 0 N–H and O–H groups in total. The number of ketones is 1. The van der Waals surface area contributed by atoms with E-state index >= 15 is 0 Å². The molecule has 1 aliphatic heterocycles. The number of rotatable bonds is 4. The number of fused-ring (bicyclic) bond motifs is 1. The lowest BCUT2D eigenvalue weighted by molar-refractivity contribution is -0.118. The molecule has 1 aromatic heterocycles. The summed E-state index contributed by atoms with van der Waals surface area (Å²) in [5, 5.41) is 0.544. The second-order valence-corrected chi connectivity index (χ2v) is 7.25. The Bertz CT molecular complexity index is 1150. The summed E-state index contributed by atoms with van der Waals surface area (Å²) in [7, 11) is 0. The minimum Gasteiger partial charge on any atom is -0.289 e. The number of hydrogen-bond donors (Lipinski definition) is 0. The number of carbonyl (C=O) groups is 2. The first-order chi connectivity index (χ1) is 14.0. The third kappa shape index (κ3) is 3.93. The summed E-state index contributed by atoms with van der Waals surface area (Å²) in [5.41, 5.74) is 3.74. The average molecular weight is 401 g/mol. The third-order valence-electron chi connectivity index (χ3n) is 4.76. The number of aliphatic imine (C=N–C) groups is 1. The molecule has 0 saturated heterocycles. The van der Waals surface area contributed by atoms with Gasteiger partial charge >= 0.3 is 0 Å². The molecule has 4 nitrogen and oxygen atoms in total. The van der Waals surface area contributed by atoms with Crippen molar-refractivity contribution in [2.24, 2.45) is 10.9 Å². The van der Waals surface area contributed by atoms with Crippen molar-refractivity contribution in [3.63, 3.8) is 0 Å². The lowest BCUT2D eigenvalue weighted by Crippen LogP contribution is -2.27. The van der Waals surface area contributed by atoms with Crippen LogP contribution in [0.2, 0.25) is 0 Å². The minimum atomic E-state index is -0.543. The van der Waals surface area contributed by atoms with Crippen LogP contribution >= 0.6 is 11.6 Å². The fraction of sp³-hybridized carbons (Fsp3) is 0.0833. The molecule has 29 heavy (non-hydrogen) atoms. The first kappa shape index (κ1) is 19.0. The maximum Gasteiger partial charge on any atom is 0.281 e. The van der Waals surface area contributed by atoms with Gasteiger partial charge in [0, 0.05) is 17.1 Å². The fourth-order valence-corrected chi connectivity index (χ4v) is 3.61. The van der Waals surface area contributed by atoms with E-state index in [4.69, 9.17) is 11.6 Å². The number of benzene rings is 1. The molecule has 5 heteroatoms. The Balaban J connectivity index is 1.81. The predicted molar refractivity (Wildman–Crippen MR) is 115 cm³/mol. The molecule has 1 aromatic carbocycles. The van der Waals surface area contributed by atoms with Gasteiger partial charge in [-0.05, 0) is 60.1 Å². The number of aromatic nitrogens is 1. The molecule has 2 aromatic rings. The molecule has 2 aliphatic rings. The normalized spacial score (nSPS) is 18.6. The van der Waals surface area contributed by atoms with Gasteiger partial charge in [-0.25, -0.2) is 4.99 Å². The van der Waals surface area contributed by atoms with E-state index in [9.17, 15) is 9.59 Å². The van der Waals surface area contributed by atoms with E-state index in [0.717, 1.165) is 11.1 Å². The van der Waals surface area contributed by atoms with Gasteiger partial charge in [0.05, 0.1) is 17.0 Å². The topological polar surface area (TPSA) is 59.4 Å². The van der Waals surface area contributed by atoms with Gasteiger partial charge in [0.25, 0.3) is 5.91 Å². The van der Waals surface area contributed by atoms with E-state index in [0.29, 0.717) is 22.0 Å². The van der Waals surface area contributed by atoms with Crippen molar-refractivity contribution in [1.82, 2.24) is 4.98 Å². The van der Waals surface area contributed by atoms with Crippen molar-refractivity contribution >= 4 is 40.7 Å². The average Bonchev–Trinajstić information content (AvgIpc) is 2.72. The largest absolute Gasteiger partial charge is 0.289 e. The van der Waals surface area contributed by atoms with Crippen LogP contribution in [0.4, 0.5) is 0 Å². The zero-order valence-corrected chi connectivity index (χ0v) is 16.4. The first-order valence-electron chi connectivity index (χ1n) is 9.16. The van der Waals surface area contributed by atoms with Crippen LogP contribution in [0.3, 0.4) is 0 Å². The van der Waals surface area contributed by atoms with Crippen LogP contribution in [-0.4, -0.2) is 22.4 Å². The lowest BCUT2D eigenvalue weighted by atomic mass is 9.80. The molecular weight excluding hydrogens is 384 g/mol. The molecule has 0 saturated carbocycles. The Kier molecular flexibility index (Phi) is 5.19. The van der Waals surface area contributed by atoms with Crippen molar-refractivity contribution in [3.05, 3.63) is 100 Å². The Hall–Kier alpha value is -3.37. The summed E-state index contributed by atoms with van der Waals surface area (Å²) in [6.07, 6.45) is 9.90. The smallest absolute Gasteiger partial charge is 0.281 e. The van der Waals surface area contributed by atoms with Crippen molar-refractivity contribution < 1.29 is 9.59 Å². The summed E-state index contributed by atoms with van der Waals surface area (Å²) in [6.45, 7) is 1.95. The number of dihydropyridines is 1. The molecule has 2 heterocycles. The summed E-state index contributed by atoms with van der Waals surface area (Å²) in [5.74, 6) is -1.30. The summed E-state index contributed by atoms with van der Waals surface area (Å²) in [6, 6.07) is 13.1. The molecule has 4 rings (SSSR count). The van der Waals surface area contributed by atoms with E-state index in [1.807, 2.05) is 55.5 Å². The Morgan fingerprint density at radius 1 is 1.14 bits per heavy atom. The first-order valence-corrected chi connectivity index (χ1v) is 9.53. The highest BCUT2D eigenvalue weighted by atomic mass is 35.5. The summed E-state index contributed by atoms with van der Waals surface area (Å²) < 4.78 is 0. The number of allylic oxidation sites excluding steroid dienone is 6. The summed E-state index contributed by atoms with van der Waals surface area (Å²) in [4.78, 5) is 34.3. The molecule has 0 radical (unpaired) electrons. The number of hydrogen-bond acceptors (Lipinski definition) is 3. The summed E-state index contributed by atoms with van der Waals surface area (Å²) >= 11 is 6.21. The van der Waals surface area contributed by atoms with Crippen LogP contribution in [-0.2, 0) is 9.59 Å². The predicted octanol–water partition coefficient (Wildman–Crippen LogP) is 4.72. The highest BCUT2D eigenvalue weighted by Gasteiger charge is 2.34. The molecule has 0 bridgehead atoms. The molecule has 142 valence electrons. The van der Waals surface area contributed by atoms with Gasteiger partial charge in [0.15, 0.2) is 5.78 Å². The Morgan fingerprint density at radius 2 is 1.93 bits per heavy atom. The van der Waals surface area contributed by atoms with Gasteiger partial charge in [-0.15, -0.1) is 0 Å². The van der Waals surface area contributed by atoms with Crippen molar-refractivity contribution in [2.75, 3.05) is 0 Å². The van der Waals surface area contributed by atoms with Gasteiger partial charge in [-0.2, -0.15) is 0 Å². The van der Waals surface area contributed by atoms with Crippen LogP contribution in [0, 0.1) is 12.8 Å². The molecule has 1 aliphatic carbocycles. The zero-order chi connectivity index (χ0) is 20.4. The Labute approximate surface area is 173 Å². The second kappa shape index (κ2) is 7.94. The van der Waals surface area contributed by atoms with Crippen LogP contribution in [0.25, 0.3) is 11.6 Å². The maximum atomic E-state index is 13.1. The molecule has 1 amide bonds. The molecule has 0 spiro atoms. The van der Waals surface area contributed by atoms with Crippen molar-refractivity contribution in [3.8, 4) is 0 Å². The number of aryl methyl sites for hydroxylation is 1. The fourth-order valence-electron chi connectivity index (χ4n) is 3.43. The third-order valence-corrected chi connectivity index (χ3v) is 5.01. The van der Waals surface area contributed by atoms with Crippen LogP contribution in [0.5, 0.6) is 0 Å². The number of amides is 1. The van der Waals surface area contributed by atoms with E-state index in [1.54, 1.807) is 24.4 Å². The second-order valence-electron chi connectivity index (χ2n) is 6.81. The van der Waals surface area contributed by atoms with Gasteiger partial charge in [-0.3, -0.25) is 14.6 Å². The number of halogens is 1. The maximum absolute atomic E-state index is 13.1. The van der Waals surface area contributed by atoms with Gasteiger partial charge in [0.2, 0.25) is 0 Å². The van der Waals surface area contributed by atoms with Crippen LogP contribution < -0.4 is 0 Å². The van der Waals surface area contributed by atoms with E-state index in [-0.39, 0.29) is 11.5 Å². The molecule has 1 atom stereocenters. The Morgan fingerprint density at radius 3 is 2.69 bits per heavy atom. The zero-order valence-electron chi connectivity index (χ0n) is 15.7. The molecule has 1 unspecified atom stereocenters. The van der Waals surface area contributed by atoms with E-state index < -0.39 is 11.7 Å². The van der Waals surface area contributed by atoms with E-state index in [2.05, 4.69) is 9.98 Å². The lowest BCUT2D eigenvalue weighted by Gasteiger charge is -2.26. The van der Waals surface area contributed by atoms with Crippen molar-refractivity contribution in [1.29, 1.82) is 0 Å². The highest BCUT2D eigenvalue weighted by Crippen LogP contribution is 2.37. The monoisotopic (exact) mass is 400 g/mol. The standard InChI is InChI=1S/C24H17ClN2O2/c1-15-11-12-26-18(13-15)8-10-21(28)23-22(16-5-3-2-4-6-16)19-14-17(25)7-9-20(19)27-24(23)29/h2-14,19H,1H3/b10-8+.